The van der Waals surface area contributed by atoms with Crippen LogP contribution in [0.1, 0.15) is 34.6 Å². The lowest BCUT2D eigenvalue weighted by molar-refractivity contribution is -0.118. The van der Waals surface area contributed by atoms with Crippen LogP contribution in [0.15, 0.2) is 0 Å². The fourth-order valence-electron chi connectivity index (χ4n) is 2.09. The molecule has 2 atom stereocenters. The van der Waals surface area contributed by atoms with Crippen LogP contribution < -0.4 is 0 Å². The molecule has 1 aliphatic heterocycles. The highest BCUT2D eigenvalue weighted by molar-refractivity contribution is 5.77. The molecule has 1 rings (SSSR count). The van der Waals surface area contributed by atoms with Gasteiger partial charge in [0, 0.05) is 13.1 Å². The van der Waals surface area contributed by atoms with E-state index < -0.39 is 0 Å². The zero-order valence-electron chi connectivity index (χ0n) is 10.5. The molecule has 0 spiro atoms. The Balaban J connectivity index is 2.46. The maximum absolute atomic E-state index is 11.0. The highest BCUT2D eigenvalue weighted by Gasteiger charge is 2.33. The minimum absolute atomic E-state index is 0.0921. The summed E-state index contributed by atoms with van der Waals surface area (Å²) in [4.78, 5) is 13.2. The normalized spacial score (nSPS) is 28.3. The molecule has 0 saturated carbocycles. The lowest BCUT2D eigenvalue weighted by Crippen LogP contribution is -2.33. The van der Waals surface area contributed by atoms with Crippen LogP contribution in [0, 0.1) is 5.92 Å². The quantitative estimate of drug-likeness (QED) is 0.715. The summed E-state index contributed by atoms with van der Waals surface area (Å²) < 4.78 is 5.97. The van der Waals surface area contributed by atoms with Crippen LogP contribution in [0.2, 0.25) is 0 Å². The topological polar surface area (TPSA) is 29.5 Å². The molecule has 0 aliphatic carbocycles. The minimum atomic E-state index is -0.0921. The van der Waals surface area contributed by atoms with E-state index in [4.69, 9.17) is 4.74 Å². The second-order valence-electron chi connectivity index (χ2n) is 5.64. The SMILES string of the molecule is CC(=O)CN1CC(C)[C@@H](OC(C)(C)C)C1. The van der Waals surface area contributed by atoms with E-state index in [0.29, 0.717) is 12.5 Å². The Kier molecular flexibility index (Phi) is 3.90. The van der Waals surface area contributed by atoms with Crippen molar-refractivity contribution in [3.05, 3.63) is 0 Å². The Bertz CT molecular complexity index is 232. The molecule has 0 aromatic heterocycles. The van der Waals surface area contributed by atoms with Gasteiger partial charge in [0.05, 0.1) is 18.2 Å². The number of likely N-dealkylation sites (tertiary alicyclic amines) is 1. The van der Waals surface area contributed by atoms with Gasteiger partial charge in [0.15, 0.2) is 0 Å². The smallest absolute Gasteiger partial charge is 0.143 e. The van der Waals surface area contributed by atoms with Crippen molar-refractivity contribution in [3.8, 4) is 0 Å². The van der Waals surface area contributed by atoms with Crippen molar-refractivity contribution < 1.29 is 9.53 Å². The maximum Gasteiger partial charge on any atom is 0.143 e. The number of hydrogen-bond donors (Lipinski definition) is 0. The molecule has 3 nitrogen and oxygen atoms in total. The second-order valence-corrected chi connectivity index (χ2v) is 5.64. The lowest BCUT2D eigenvalue weighted by Gasteiger charge is -2.27. The number of hydrogen-bond acceptors (Lipinski definition) is 3. The van der Waals surface area contributed by atoms with Crippen molar-refractivity contribution in [2.45, 2.75) is 46.3 Å². The number of ketones is 1. The van der Waals surface area contributed by atoms with Crippen LogP contribution in [0.5, 0.6) is 0 Å². The van der Waals surface area contributed by atoms with E-state index in [1.54, 1.807) is 6.92 Å². The first-order valence-corrected chi connectivity index (χ1v) is 5.67. The summed E-state index contributed by atoms with van der Waals surface area (Å²) in [7, 11) is 0. The third kappa shape index (κ3) is 4.31. The molecular weight excluding hydrogens is 190 g/mol. The van der Waals surface area contributed by atoms with Crippen molar-refractivity contribution in [2.75, 3.05) is 19.6 Å². The number of rotatable bonds is 3. The van der Waals surface area contributed by atoms with Crippen LogP contribution in [-0.2, 0) is 9.53 Å². The number of carbonyl (C=O) groups excluding carboxylic acids is 1. The molecule has 0 radical (unpaired) electrons. The molecule has 1 fully saturated rings. The van der Waals surface area contributed by atoms with Crippen LogP contribution >= 0.6 is 0 Å². The molecular formula is C12H23NO2. The fraction of sp³-hybridized carbons (Fsp3) is 0.917. The first-order chi connectivity index (χ1) is 6.78. The summed E-state index contributed by atoms with van der Waals surface area (Å²) in [5, 5.41) is 0. The molecule has 0 N–H and O–H groups in total. The van der Waals surface area contributed by atoms with Gasteiger partial charge in [0.1, 0.15) is 5.78 Å². The van der Waals surface area contributed by atoms with Gasteiger partial charge in [-0.3, -0.25) is 9.69 Å². The predicted molar refractivity (Wildman–Crippen MR) is 60.9 cm³/mol. The lowest BCUT2D eigenvalue weighted by atomic mass is 10.1. The van der Waals surface area contributed by atoms with E-state index in [1.807, 2.05) is 0 Å². The zero-order chi connectivity index (χ0) is 11.6. The Labute approximate surface area is 92.8 Å². The minimum Gasteiger partial charge on any atom is -0.371 e. The molecule has 0 bridgehead atoms. The van der Waals surface area contributed by atoms with E-state index in [-0.39, 0.29) is 17.5 Å². The van der Waals surface area contributed by atoms with E-state index in [9.17, 15) is 4.79 Å². The van der Waals surface area contributed by atoms with Gasteiger partial charge >= 0.3 is 0 Å². The fourth-order valence-corrected chi connectivity index (χ4v) is 2.09. The Morgan fingerprint density at radius 3 is 2.47 bits per heavy atom. The van der Waals surface area contributed by atoms with Gasteiger partial charge in [-0.25, -0.2) is 0 Å². The van der Waals surface area contributed by atoms with Crippen molar-refractivity contribution >= 4 is 5.78 Å². The van der Waals surface area contributed by atoms with Gasteiger partial charge in [-0.05, 0) is 33.6 Å². The predicted octanol–water partition coefficient (Wildman–Crippen LogP) is 1.71. The van der Waals surface area contributed by atoms with Crippen molar-refractivity contribution in [1.29, 1.82) is 0 Å². The molecule has 3 heteroatoms. The summed E-state index contributed by atoms with van der Waals surface area (Å²) >= 11 is 0. The highest BCUT2D eigenvalue weighted by Crippen LogP contribution is 2.23. The summed E-state index contributed by atoms with van der Waals surface area (Å²) in [6, 6.07) is 0. The van der Waals surface area contributed by atoms with E-state index in [0.717, 1.165) is 13.1 Å². The molecule has 0 aromatic rings. The standard InChI is InChI=1S/C12H23NO2/c1-9-6-13(7-10(2)14)8-11(9)15-12(3,4)5/h9,11H,6-8H2,1-5H3/t9?,11-/m0/s1. The summed E-state index contributed by atoms with van der Waals surface area (Å²) in [6.45, 7) is 12.5. The van der Waals surface area contributed by atoms with Crippen LogP contribution in [0.25, 0.3) is 0 Å². The van der Waals surface area contributed by atoms with Gasteiger partial charge in [0.2, 0.25) is 0 Å². The molecule has 1 saturated heterocycles. The molecule has 1 aliphatic rings. The monoisotopic (exact) mass is 213 g/mol. The largest absolute Gasteiger partial charge is 0.371 e. The van der Waals surface area contributed by atoms with E-state index in [2.05, 4.69) is 32.6 Å². The molecule has 0 amide bonds. The number of Topliss-reactive ketones (excluding diaryl/α,β-unsaturated/α-hetero) is 1. The number of carbonyl (C=O) groups is 1. The average Bonchev–Trinajstić information content (AvgIpc) is 2.26. The van der Waals surface area contributed by atoms with Gasteiger partial charge in [-0.15, -0.1) is 0 Å². The van der Waals surface area contributed by atoms with Crippen molar-refractivity contribution in [1.82, 2.24) is 4.90 Å². The van der Waals surface area contributed by atoms with Crippen LogP contribution in [-0.4, -0.2) is 42.0 Å². The highest BCUT2D eigenvalue weighted by atomic mass is 16.5. The Hall–Kier alpha value is -0.410. The first kappa shape index (κ1) is 12.7. The van der Waals surface area contributed by atoms with Crippen molar-refractivity contribution in [3.63, 3.8) is 0 Å². The van der Waals surface area contributed by atoms with Gasteiger partial charge in [-0.1, -0.05) is 6.92 Å². The summed E-state index contributed by atoms with van der Waals surface area (Å²) in [5.74, 6) is 0.752. The van der Waals surface area contributed by atoms with E-state index >= 15 is 0 Å². The first-order valence-electron chi connectivity index (χ1n) is 5.67. The van der Waals surface area contributed by atoms with Crippen molar-refractivity contribution in [2.24, 2.45) is 5.92 Å². The molecule has 0 aromatic carbocycles. The van der Waals surface area contributed by atoms with Gasteiger partial charge in [-0.2, -0.15) is 0 Å². The second kappa shape index (κ2) is 4.62. The number of ether oxygens (including phenoxy) is 1. The zero-order valence-corrected chi connectivity index (χ0v) is 10.5. The molecule has 88 valence electrons. The van der Waals surface area contributed by atoms with Gasteiger partial charge < -0.3 is 4.74 Å². The Morgan fingerprint density at radius 1 is 1.40 bits per heavy atom. The molecule has 1 unspecified atom stereocenters. The third-order valence-corrected chi connectivity index (χ3v) is 2.57. The summed E-state index contributed by atoms with van der Waals surface area (Å²) in [6.07, 6.45) is 0.268. The Morgan fingerprint density at radius 2 is 2.00 bits per heavy atom. The molecule has 15 heavy (non-hydrogen) atoms. The summed E-state index contributed by atoms with van der Waals surface area (Å²) in [5.41, 5.74) is -0.0921. The maximum atomic E-state index is 11.0. The average molecular weight is 213 g/mol. The van der Waals surface area contributed by atoms with E-state index in [1.165, 1.54) is 0 Å². The number of nitrogens with zero attached hydrogens (tertiary/aromatic N) is 1. The third-order valence-electron chi connectivity index (χ3n) is 2.57. The van der Waals surface area contributed by atoms with Gasteiger partial charge in [0.25, 0.3) is 0 Å². The van der Waals surface area contributed by atoms with Crippen LogP contribution in [0.4, 0.5) is 0 Å². The molecule has 1 heterocycles. The van der Waals surface area contributed by atoms with Crippen LogP contribution in [0.3, 0.4) is 0 Å².